The molecule has 0 fully saturated rings. The van der Waals surface area contributed by atoms with Crippen molar-refractivity contribution in [3.8, 4) is 5.75 Å². The number of amides is 1. The molecular weight excluding hydrogens is 458 g/mol. The average Bonchev–Trinajstić information content (AvgIpc) is 2.74. The number of hydrogen-bond acceptors (Lipinski definition) is 7. The van der Waals surface area contributed by atoms with E-state index in [1.165, 1.54) is 10.6 Å². The highest BCUT2D eigenvalue weighted by atomic mass is 32.2. The molecule has 0 saturated heterocycles. The van der Waals surface area contributed by atoms with Crippen LogP contribution in [-0.4, -0.2) is 52.9 Å². The Balaban J connectivity index is 1.90. The van der Waals surface area contributed by atoms with Crippen LogP contribution < -0.4 is 10.9 Å². The van der Waals surface area contributed by atoms with Crippen molar-refractivity contribution >= 4 is 15.7 Å². The van der Waals surface area contributed by atoms with Gasteiger partial charge >= 0.3 is 0 Å². The third-order valence-electron chi connectivity index (χ3n) is 5.38. The summed E-state index contributed by atoms with van der Waals surface area (Å²) in [6.07, 6.45) is 2.17. The van der Waals surface area contributed by atoms with Crippen molar-refractivity contribution in [2.45, 2.75) is 32.0 Å². The molecule has 1 aliphatic rings. The summed E-state index contributed by atoms with van der Waals surface area (Å²) in [5.74, 6) is -3.91. The van der Waals surface area contributed by atoms with Gasteiger partial charge in [-0.25, -0.2) is 22.2 Å². The van der Waals surface area contributed by atoms with Gasteiger partial charge in [0.1, 0.15) is 5.82 Å². The van der Waals surface area contributed by atoms with E-state index in [0.29, 0.717) is 18.5 Å². The summed E-state index contributed by atoms with van der Waals surface area (Å²) in [4.78, 5) is 31.2. The minimum Gasteiger partial charge on any atom is -0.501 e. The van der Waals surface area contributed by atoms with E-state index in [9.17, 15) is 31.9 Å². The molecule has 33 heavy (non-hydrogen) atoms. The van der Waals surface area contributed by atoms with Gasteiger partial charge in [0.25, 0.3) is 11.5 Å². The summed E-state index contributed by atoms with van der Waals surface area (Å²) in [6, 6.07) is 2.58. The lowest BCUT2D eigenvalue weighted by atomic mass is 10.0. The van der Waals surface area contributed by atoms with Crippen LogP contribution in [0.15, 0.2) is 35.3 Å². The number of nitrogens with zero attached hydrogens (tertiary/aromatic N) is 3. The van der Waals surface area contributed by atoms with Crippen molar-refractivity contribution in [2.75, 3.05) is 19.1 Å². The molecule has 2 heterocycles. The molecule has 1 unspecified atom stereocenters. The fraction of sp³-hybridized carbons (Fsp3) is 0.381. The predicted octanol–water partition coefficient (Wildman–Crippen LogP) is 1.48. The van der Waals surface area contributed by atoms with Crippen LogP contribution in [0.1, 0.15) is 40.8 Å². The molecule has 0 saturated carbocycles. The van der Waals surface area contributed by atoms with E-state index in [-0.39, 0.29) is 30.2 Å². The average molecular weight is 483 g/mol. The summed E-state index contributed by atoms with van der Waals surface area (Å²) in [5.41, 5.74) is -0.749. The molecule has 178 valence electrons. The Kier molecular flexibility index (Phi) is 6.86. The molecule has 1 aromatic carbocycles. The molecule has 2 aromatic rings. The molecule has 3 rings (SSSR count). The van der Waals surface area contributed by atoms with Crippen molar-refractivity contribution < 1.29 is 27.1 Å². The lowest BCUT2D eigenvalue weighted by Gasteiger charge is -2.35. The van der Waals surface area contributed by atoms with E-state index in [4.69, 9.17) is 0 Å². The SMILES string of the molecule is C=C(CS(C)(=O)=O)N(C)C1CCCn2c1nc(C(=O)NCc1ccc(F)c(F)c1)c(O)c2=O. The lowest BCUT2D eigenvalue weighted by Crippen LogP contribution is -2.39. The van der Waals surface area contributed by atoms with E-state index < -0.39 is 50.4 Å². The first-order valence-electron chi connectivity index (χ1n) is 10.0. The van der Waals surface area contributed by atoms with Crippen molar-refractivity contribution in [3.05, 3.63) is 69.5 Å². The Morgan fingerprint density at radius 1 is 1.36 bits per heavy atom. The molecule has 1 amide bonds. The summed E-state index contributed by atoms with van der Waals surface area (Å²) >= 11 is 0. The smallest absolute Gasteiger partial charge is 0.296 e. The van der Waals surface area contributed by atoms with Gasteiger partial charge in [0.15, 0.2) is 27.2 Å². The number of fused-ring (bicyclic) bond motifs is 1. The van der Waals surface area contributed by atoms with Crippen LogP contribution in [0.25, 0.3) is 0 Å². The number of hydrogen-bond donors (Lipinski definition) is 2. The van der Waals surface area contributed by atoms with Gasteiger partial charge in [-0.2, -0.15) is 0 Å². The van der Waals surface area contributed by atoms with Gasteiger partial charge < -0.3 is 15.3 Å². The van der Waals surface area contributed by atoms with Crippen LogP contribution in [0, 0.1) is 11.6 Å². The second-order valence-electron chi connectivity index (χ2n) is 7.96. The molecule has 9 nitrogen and oxygen atoms in total. The van der Waals surface area contributed by atoms with Crippen molar-refractivity contribution in [2.24, 2.45) is 0 Å². The molecule has 12 heteroatoms. The summed E-state index contributed by atoms with van der Waals surface area (Å²) in [6.45, 7) is 3.89. The Hall–Kier alpha value is -3.28. The monoisotopic (exact) mass is 482 g/mol. The number of carbonyl (C=O) groups excluding carboxylic acids is 1. The number of carbonyl (C=O) groups is 1. The Bertz CT molecular complexity index is 1280. The topological polar surface area (TPSA) is 122 Å². The molecule has 2 N–H and O–H groups in total. The third kappa shape index (κ3) is 5.38. The molecule has 1 atom stereocenters. The summed E-state index contributed by atoms with van der Waals surface area (Å²) in [7, 11) is -1.72. The van der Waals surface area contributed by atoms with Crippen LogP contribution >= 0.6 is 0 Å². The Morgan fingerprint density at radius 3 is 2.70 bits per heavy atom. The lowest BCUT2D eigenvalue weighted by molar-refractivity contribution is 0.0940. The van der Waals surface area contributed by atoms with Crippen LogP contribution in [0.5, 0.6) is 5.75 Å². The molecule has 1 aliphatic heterocycles. The zero-order chi connectivity index (χ0) is 24.5. The van der Waals surface area contributed by atoms with Crippen LogP contribution in [0.2, 0.25) is 0 Å². The Morgan fingerprint density at radius 2 is 2.06 bits per heavy atom. The zero-order valence-corrected chi connectivity index (χ0v) is 19.0. The van der Waals surface area contributed by atoms with Gasteiger partial charge in [-0.05, 0) is 30.5 Å². The molecule has 0 aliphatic carbocycles. The van der Waals surface area contributed by atoms with E-state index in [2.05, 4.69) is 16.9 Å². The van der Waals surface area contributed by atoms with Gasteiger partial charge in [0.05, 0.1) is 11.8 Å². The largest absolute Gasteiger partial charge is 0.501 e. The first-order valence-corrected chi connectivity index (χ1v) is 12.1. The number of nitrogens with one attached hydrogen (secondary N) is 1. The number of aromatic nitrogens is 2. The first-order chi connectivity index (χ1) is 15.4. The zero-order valence-electron chi connectivity index (χ0n) is 18.1. The quantitative estimate of drug-likeness (QED) is 0.613. The summed E-state index contributed by atoms with van der Waals surface area (Å²) < 4.78 is 51.0. The predicted molar refractivity (Wildman–Crippen MR) is 116 cm³/mol. The minimum absolute atomic E-state index is 0.190. The van der Waals surface area contributed by atoms with E-state index >= 15 is 0 Å². The first kappa shape index (κ1) is 24.4. The van der Waals surface area contributed by atoms with Gasteiger partial charge in [-0.1, -0.05) is 12.6 Å². The van der Waals surface area contributed by atoms with Gasteiger partial charge in [0.2, 0.25) is 5.75 Å². The maximum absolute atomic E-state index is 13.4. The molecule has 0 spiro atoms. The van der Waals surface area contributed by atoms with E-state index in [0.717, 1.165) is 18.4 Å². The van der Waals surface area contributed by atoms with Gasteiger partial charge in [0, 0.05) is 32.1 Å². The maximum atomic E-state index is 13.4. The van der Waals surface area contributed by atoms with E-state index in [1.807, 2.05) is 0 Å². The highest BCUT2D eigenvalue weighted by Gasteiger charge is 2.31. The minimum atomic E-state index is -3.34. The second kappa shape index (κ2) is 9.30. The fourth-order valence-corrected chi connectivity index (χ4v) is 4.48. The normalized spacial score (nSPS) is 15.6. The number of rotatable bonds is 7. The van der Waals surface area contributed by atoms with Crippen LogP contribution in [-0.2, 0) is 22.9 Å². The van der Waals surface area contributed by atoms with Crippen molar-refractivity contribution in [1.29, 1.82) is 0 Å². The van der Waals surface area contributed by atoms with Crippen LogP contribution in [0.4, 0.5) is 8.78 Å². The standard InChI is InChI=1S/C21H24F2N4O5S/c1-12(11-33(3,31)32)26(2)16-5-4-8-27-19(16)25-17(18(28)21(27)30)20(29)24-10-13-6-7-14(22)15(23)9-13/h6-7,9,16,28H,1,4-5,8,10-11H2,2-3H3,(H,24,29). The highest BCUT2D eigenvalue weighted by Crippen LogP contribution is 2.31. The molecule has 0 bridgehead atoms. The number of sulfone groups is 1. The van der Waals surface area contributed by atoms with E-state index in [1.54, 1.807) is 11.9 Å². The molecule has 0 radical (unpaired) electrons. The van der Waals surface area contributed by atoms with Crippen molar-refractivity contribution in [3.63, 3.8) is 0 Å². The van der Waals surface area contributed by atoms with Gasteiger partial charge in [-0.3, -0.25) is 14.2 Å². The van der Waals surface area contributed by atoms with Crippen molar-refractivity contribution in [1.82, 2.24) is 19.8 Å². The second-order valence-corrected chi connectivity index (χ2v) is 10.1. The Labute approximate surface area is 189 Å². The number of halogens is 2. The third-order valence-corrected chi connectivity index (χ3v) is 6.24. The number of aromatic hydroxyl groups is 1. The van der Waals surface area contributed by atoms with Crippen LogP contribution in [0.3, 0.4) is 0 Å². The summed E-state index contributed by atoms with van der Waals surface area (Å²) in [5, 5.41) is 12.7. The molecule has 1 aromatic heterocycles. The van der Waals surface area contributed by atoms with Gasteiger partial charge in [-0.15, -0.1) is 0 Å². The fourth-order valence-electron chi connectivity index (χ4n) is 3.67. The number of benzene rings is 1. The highest BCUT2D eigenvalue weighted by molar-refractivity contribution is 7.90. The maximum Gasteiger partial charge on any atom is 0.296 e. The molecular formula is C21H24F2N4O5S.